The number of hydrogen-bond acceptors (Lipinski definition) is 4. The number of aldehydes is 1. The zero-order valence-corrected chi connectivity index (χ0v) is 6.48. The highest BCUT2D eigenvalue weighted by Gasteiger charge is 2.04. The predicted octanol–water partition coefficient (Wildman–Crippen LogP) is 0.472. The predicted molar refractivity (Wildman–Crippen MR) is 41.2 cm³/mol. The van der Waals surface area contributed by atoms with E-state index >= 15 is 0 Å². The molecule has 0 radical (unpaired) electrons. The Morgan fingerprint density at radius 3 is 2.75 bits per heavy atom. The minimum absolute atomic E-state index is 0.130. The number of hydrogen-bond donors (Lipinski definition) is 0. The summed E-state index contributed by atoms with van der Waals surface area (Å²) >= 11 is 0. The minimum atomic E-state index is -0.627. The van der Waals surface area contributed by atoms with Gasteiger partial charge in [0.15, 0.2) is 6.29 Å². The number of carbonyl (C=O) groups excluding carboxylic acids is 2. The van der Waals surface area contributed by atoms with Gasteiger partial charge >= 0.3 is 0 Å². The smallest absolute Gasteiger partial charge is 0.243 e. The summed E-state index contributed by atoms with van der Waals surface area (Å²) in [7, 11) is 1.50. The van der Waals surface area contributed by atoms with Gasteiger partial charge in [0, 0.05) is 0 Å². The van der Waals surface area contributed by atoms with Crippen molar-refractivity contribution in [2.75, 3.05) is 7.11 Å². The summed E-state index contributed by atoms with van der Waals surface area (Å²) in [6, 6.07) is 3.01. The van der Waals surface area contributed by atoms with Crippen molar-refractivity contribution in [1.29, 1.82) is 0 Å². The summed E-state index contributed by atoms with van der Waals surface area (Å²) in [5.41, 5.74) is 0.130. The molecule has 0 aliphatic carbocycles. The van der Waals surface area contributed by atoms with Gasteiger partial charge < -0.3 is 4.74 Å². The van der Waals surface area contributed by atoms with Crippen molar-refractivity contribution >= 4 is 12.1 Å². The number of pyridine rings is 1. The zero-order chi connectivity index (χ0) is 8.97. The van der Waals surface area contributed by atoms with Gasteiger partial charge in [-0.3, -0.25) is 9.59 Å². The molecular formula is C8H7NO3. The Bertz CT molecular complexity index is 292. The lowest BCUT2D eigenvalue weighted by molar-refractivity contribution is -0.104. The van der Waals surface area contributed by atoms with Crippen LogP contribution in [0, 0.1) is 0 Å². The van der Waals surface area contributed by atoms with Gasteiger partial charge in [-0.1, -0.05) is 0 Å². The van der Waals surface area contributed by atoms with E-state index in [2.05, 4.69) is 4.98 Å². The number of rotatable bonds is 3. The molecule has 0 aliphatic heterocycles. The summed E-state index contributed by atoms with van der Waals surface area (Å²) in [4.78, 5) is 24.5. The molecule has 0 atom stereocenters. The summed E-state index contributed by atoms with van der Waals surface area (Å²) in [6.45, 7) is 0. The second-order valence-corrected chi connectivity index (χ2v) is 2.07. The summed E-state index contributed by atoms with van der Waals surface area (Å²) in [6.07, 6.45) is 1.62. The molecule has 1 aromatic heterocycles. The lowest BCUT2D eigenvalue weighted by Crippen LogP contribution is -2.02. The Balaban J connectivity index is 2.91. The van der Waals surface area contributed by atoms with Crippen LogP contribution in [0.25, 0.3) is 0 Å². The van der Waals surface area contributed by atoms with E-state index in [4.69, 9.17) is 4.74 Å². The molecule has 0 aromatic carbocycles. The van der Waals surface area contributed by atoms with Crippen LogP contribution in [0.15, 0.2) is 18.3 Å². The van der Waals surface area contributed by atoms with E-state index in [1.807, 2.05) is 0 Å². The SMILES string of the molecule is COc1ccc(C(=O)C=O)nc1. The number of nitrogens with zero attached hydrogens (tertiary/aromatic N) is 1. The molecule has 1 aromatic rings. The molecule has 0 saturated heterocycles. The van der Waals surface area contributed by atoms with E-state index in [0.29, 0.717) is 5.75 Å². The van der Waals surface area contributed by atoms with Crippen molar-refractivity contribution in [3.05, 3.63) is 24.0 Å². The Morgan fingerprint density at radius 1 is 1.58 bits per heavy atom. The van der Waals surface area contributed by atoms with Crippen LogP contribution in [-0.4, -0.2) is 24.2 Å². The first-order chi connectivity index (χ1) is 5.77. The van der Waals surface area contributed by atoms with Crippen LogP contribution in [0.4, 0.5) is 0 Å². The van der Waals surface area contributed by atoms with Gasteiger partial charge in [0.1, 0.15) is 11.4 Å². The molecule has 0 fully saturated rings. The molecule has 1 heterocycles. The van der Waals surface area contributed by atoms with Crippen molar-refractivity contribution in [2.24, 2.45) is 0 Å². The third-order valence-corrected chi connectivity index (χ3v) is 1.33. The number of aromatic nitrogens is 1. The first kappa shape index (κ1) is 8.39. The van der Waals surface area contributed by atoms with Crippen LogP contribution >= 0.6 is 0 Å². The van der Waals surface area contributed by atoms with Crippen LogP contribution in [0.1, 0.15) is 10.5 Å². The van der Waals surface area contributed by atoms with E-state index in [9.17, 15) is 9.59 Å². The average molecular weight is 165 g/mol. The Labute approximate surface area is 69.2 Å². The molecule has 1 rings (SSSR count). The molecule has 0 amide bonds. The van der Waals surface area contributed by atoms with Crippen LogP contribution in [0.3, 0.4) is 0 Å². The minimum Gasteiger partial charge on any atom is -0.495 e. The first-order valence-corrected chi connectivity index (χ1v) is 3.27. The van der Waals surface area contributed by atoms with E-state index in [0.717, 1.165) is 0 Å². The normalized spacial score (nSPS) is 9.08. The molecule has 12 heavy (non-hydrogen) atoms. The second kappa shape index (κ2) is 3.61. The largest absolute Gasteiger partial charge is 0.495 e. The van der Waals surface area contributed by atoms with Gasteiger partial charge in [0.25, 0.3) is 0 Å². The molecule has 0 aliphatic rings. The fourth-order valence-electron chi connectivity index (χ4n) is 0.707. The monoisotopic (exact) mass is 165 g/mol. The molecule has 4 heteroatoms. The maximum absolute atomic E-state index is 10.7. The number of ketones is 1. The van der Waals surface area contributed by atoms with Gasteiger partial charge in [-0.15, -0.1) is 0 Å². The maximum atomic E-state index is 10.7. The molecule has 0 unspecified atom stereocenters. The third kappa shape index (κ3) is 1.66. The van der Waals surface area contributed by atoms with Crippen molar-refractivity contribution < 1.29 is 14.3 Å². The van der Waals surface area contributed by atoms with E-state index < -0.39 is 5.78 Å². The van der Waals surface area contributed by atoms with E-state index in [1.165, 1.54) is 19.4 Å². The Kier molecular flexibility index (Phi) is 2.53. The standard InChI is InChI=1S/C8H7NO3/c1-12-6-2-3-7(9-4-6)8(11)5-10/h2-5H,1H3. The molecular weight excluding hydrogens is 158 g/mol. The molecule has 0 spiro atoms. The summed E-state index contributed by atoms with van der Waals surface area (Å²) in [5.74, 6) is -0.0740. The maximum Gasteiger partial charge on any atom is 0.243 e. The number of ether oxygens (including phenoxy) is 1. The van der Waals surface area contributed by atoms with Crippen molar-refractivity contribution in [1.82, 2.24) is 4.98 Å². The van der Waals surface area contributed by atoms with Crippen LogP contribution in [0.2, 0.25) is 0 Å². The molecule has 0 bridgehead atoms. The summed E-state index contributed by atoms with van der Waals surface area (Å²) < 4.78 is 4.82. The van der Waals surface area contributed by atoms with Crippen molar-refractivity contribution in [3.8, 4) is 5.75 Å². The van der Waals surface area contributed by atoms with E-state index in [-0.39, 0.29) is 12.0 Å². The molecule has 0 saturated carbocycles. The van der Waals surface area contributed by atoms with Gasteiger partial charge in [-0.2, -0.15) is 0 Å². The fraction of sp³-hybridized carbons (Fsp3) is 0.125. The number of methoxy groups -OCH3 is 1. The average Bonchev–Trinajstić information content (AvgIpc) is 2.17. The Hall–Kier alpha value is -1.71. The molecule has 4 nitrogen and oxygen atoms in total. The van der Waals surface area contributed by atoms with Gasteiger partial charge in [-0.05, 0) is 12.1 Å². The van der Waals surface area contributed by atoms with E-state index in [1.54, 1.807) is 6.07 Å². The number of carbonyl (C=O) groups is 2. The highest BCUT2D eigenvalue weighted by Crippen LogP contribution is 2.07. The fourth-order valence-corrected chi connectivity index (χ4v) is 0.707. The topological polar surface area (TPSA) is 56.3 Å². The second-order valence-electron chi connectivity index (χ2n) is 2.07. The molecule has 62 valence electrons. The van der Waals surface area contributed by atoms with Crippen molar-refractivity contribution in [3.63, 3.8) is 0 Å². The van der Waals surface area contributed by atoms with Gasteiger partial charge in [0.2, 0.25) is 5.78 Å². The first-order valence-electron chi connectivity index (χ1n) is 3.27. The highest BCUT2D eigenvalue weighted by atomic mass is 16.5. The van der Waals surface area contributed by atoms with Gasteiger partial charge in [-0.25, -0.2) is 4.98 Å². The van der Waals surface area contributed by atoms with Crippen LogP contribution < -0.4 is 4.74 Å². The van der Waals surface area contributed by atoms with Crippen molar-refractivity contribution in [2.45, 2.75) is 0 Å². The van der Waals surface area contributed by atoms with Gasteiger partial charge in [0.05, 0.1) is 13.3 Å². The quantitative estimate of drug-likeness (QED) is 0.371. The zero-order valence-electron chi connectivity index (χ0n) is 6.48. The van der Waals surface area contributed by atoms with Crippen LogP contribution in [-0.2, 0) is 4.79 Å². The lowest BCUT2D eigenvalue weighted by atomic mass is 10.3. The third-order valence-electron chi connectivity index (χ3n) is 1.33. The Morgan fingerprint density at radius 2 is 2.33 bits per heavy atom. The number of Topliss-reactive ketones (excluding diaryl/α,β-unsaturated/α-hetero) is 1. The highest BCUT2D eigenvalue weighted by molar-refractivity contribution is 6.32. The summed E-state index contributed by atoms with van der Waals surface area (Å²) in [5, 5.41) is 0. The van der Waals surface area contributed by atoms with Crippen LogP contribution in [0.5, 0.6) is 5.75 Å². The molecule has 0 N–H and O–H groups in total. The lowest BCUT2D eigenvalue weighted by Gasteiger charge is -1.97.